The summed E-state index contributed by atoms with van der Waals surface area (Å²) >= 11 is 0. The molecule has 1 N–H and O–H groups in total. The third-order valence-corrected chi connectivity index (χ3v) is 5.48. The maximum absolute atomic E-state index is 12.2. The fourth-order valence-electron chi connectivity index (χ4n) is 3.69. The van der Waals surface area contributed by atoms with E-state index in [4.69, 9.17) is 4.74 Å². The molecule has 0 aromatic carbocycles. The molecule has 2 atom stereocenters. The summed E-state index contributed by atoms with van der Waals surface area (Å²) in [6.07, 6.45) is 9.05. The van der Waals surface area contributed by atoms with Gasteiger partial charge >= 0.3 is 0 Å². The van der Waals surface area contributed by atoms with Gasteiger partial charge in [0.15, 0.2) is 0 Å². The van der Waals surface area contributed by atoms with E-state index in [2.05, 4.69) is 24.3 Å². The van der Waals surface area contributed by atoms with Gasteiger partial charge in [-0.25, -0.2) is 0 Å². The highest BCUT2D eigenvalue weighted by Gasteiger charge is 2.31. The van der Waals surface area contributed by atoms with Crippen molar-refractivity contribution in [3.05, 3.63) is 29.6 Å². The first-order chi connectivity index (χ1) is 11.4. The van der Waals surface area contributed by atoms with Crippen LogP contribution in [-0.2, 0) is 16.6 Å². The van der Waals surface area contributed by atoms with Crippen molar-refractivity contribution in [1.82, 2.24) is 15.1 Å². The molecule has 0 unspecified atom stereocenters. The Morgan fingerprint density at radius 2 is 2.21 bits per heavy atom. The van der Waals surface area contributed by atoms with E-state index in [1.54, 1.807) is 6.20 Å². The van der Waals surface area contributed by atoms with E-state index in [9.17, 15) is 4.79 Å². The Kier molecular flexibility index (Phi) is 5.09. The van der Waals surface area contributed by atoms with Crippen molar-refractivity contribution >= 4 is 5.91 Å². The number of nitrogens with zero attached hydrogens (tertiary/aromatic N) is 2. The summed E-state index contributed by atoms with van der Waals surface area (Å²) in [4.78, 5) is 12.2. The molecular formula is C19H29N3O2. The maximum Gasteiger partial charge on any atom is 0.243 e. The van der Waals surface area contributed by atoms with Gasteiger partial charge in [-0.05, 0) is 43.6 Å². The number of aryl methyl sites for hydroxylation is 1. The van der Waals surface area contributed by atoms with Gasteiger partial charge < -0.3 is 10.1 Å². The fourth-order valence-corrected chi connectivity index (χ4v) is 3.69. The van der Waals surface area contributed by atoms with Gasteiger partial charge in [-0.15, -0.1) is 0 Å². The minimum Gasteiger partial charge on any atom is -0.372 e. The Balaban J connectivity index is 1.52. The van der Waals surface area contributed by atoms with E-state index >= 15 is 0 Å². The Labute approximate surface area is 144 Å². The van der Waals surface area contributed by atoms with Crippen LogP contribution in [0, 0.1) is 11.3 Å². The van der Waals surface area contributed by atoms with Crippen molar-refractivity contribution < 1.29 is 9.53 Å². The van der Waals surface area contributed by atoms with E-state index in [0.29, 0.717) is 17.9 Å². The second-order valence-corrected chi connectivity index (χ2v) is 7.93. The first kappa shape index (κ1) is 17.2. The first-order valence-corrected chi connectivity index (χ1v) is 9.01. The molecule has 1 saturated heterocycles. The Hall–Kier alpha value is -1.62. The van der Waals surface area contributed by atoms with Crippen molar-refractivity contribution in [3.63, 3.8) is 0 Å². The number of carbonyl (C=O) groups excluding carboxylic acids is 1. The minimum absolute atomic E-state index is 0.0286. The molecule has 1 aromatic rings. The predicted octanol–water partition coefficient (Wildman–Crippen LogP) is 3.14. The first-order valence-electron chi connectivity index (χ1n) is 9.01. The summed E-state index contributed by atoms with van der Waals surface area (Å²) < 4.78 is 7.73. The lowest BCUT2D eigenvalue weighted by atomic mass is 9.75. The fraction of sp³-hybridized carbons (Fsp3) is 0.684. The summed E-state index contributed by atoms with van der Waals surface area (Å²) in [7, 11) is 1.93. The van der Waals surface area contributed by atoms with Gasteiger partial charge in [0.2, 0.25) is 5.91 Å². The van der Waals surface area contributed by atoms with E-state index in [-0.39, 0.29) is 12.0 Å². The molecule has 1 amide bonds. The average Bonchev–Trinajstić information content (AvgIpc) is 3.15. The van der Waals surface area contributed by atoms with Crippen LogP contribution >= 0.6 is 0 Å². The Morgan fingerprint density at radius 3 is 2.88 bits per heavy atom. The van der Waals surface area contributed by atoms with Gasteiger partial charge in [-0.1, -0.05) is 19.4 Å². The van der Waals surface area contributed by atoms with Gasteiger partial charge in [-0.3, -0.25) is 9.48 Å². The summed E-state index contributed by atoms with van der Waals surface area (Å²) in [6.45, 7) is 6.02. The van der Waals surface area contributed by atoms with E-state index in [0.717, 1.165) is 31.6 Å². The van der Waals surface area contributed by atoms with Crippen LogP contribution in [0.3, 0.4) is 0 Å². The lowest BCUT2D eigenvalue weighted by molar-refractivity contribution is -0.116. The highest BCUT2D eigenvalue weighted by molar-refractivity contribution is 5.88. The molecule has 1 aliphatic heterocycles. The molecule has 24 heavy (non-hydrogen) atoms. The topological polar surface area (TPSA) is 56.1 Å². The van der Waals surface area contributed by atoms with Crippen molar-refractivity contribution in [2.45, 2.75) is 52.1 Å². The number of allylic oxidation sites excluding steroid dienone is 1. The zero-order chi connectivity index (χ0) is 17.2. The predicted molar refractivity (Wildman–Crippen MR) is 93.3 cm³/mol. The number of nitrogens with one attached hydrogen (secondary N) is 1. The molecule has 5 heteroatoms. The van der Waals surface area contributed by atoms with Gasteiger partial charge in [0.25, 0.3) is 0 Å². The Bertz CT molecular complexity index is 606. The molecular weight excluding hydrogens is 302 g/mol. The van der Waals surface area contributed by atoms with Crippen LogP contribution in [0.4, 0.5) is 0 Å². The van der Waals surface area contributed by atoms with Crippen LogP contribution in [0.25, 0.3) is 0 Å². The monoisotopic (exact) mass is 331 g/mol. The number of carbonyl (C=O) groups is 1. The van der Waals surface area contributed by atoms with Crippen molar-refractivity contribution in [3.8, 4) is 0 Å². The third-order valence-electron chi connectivity index (χ3n) is 5.48. The van der Waals surface area contributed by atoms with Gasteiger partial charge in [0.1, 0.15) is 6.10 Å². The maximum atomic E-state index is 12.2. The molecule has 1 aromatic heterocycles. The second-order valence-electron chi connectivity index (χ2n) is 7.93. The lowest BCUT2D eigenvalue weighted by Crippen LogP contribution is -2.30. The van der Waals surface area contributed by atoms with Crippen LogP contribution in [0.1, 0.15) is 57.7 Å². The highest BCUT2D eigenvalue weighted by atomic mass is 16.5. The number of ether oxygens (including phenoxy) is 1. The molecule has 5 nitrogen and oxygen atoms in total. The molecule has 0 radical (unpaired) electrons. The van der Waals surface area contributed by atoms with Crippen LogP contribution in [-0.4, -0.2) is 28.8 Å². The average molecular weight is 331 g/mol. The number of rotatable bonds is 4. The van der Waals surface area contributed by atoms with Crippen molar-refractivity contribution in [2.75, 3.05) is 13.2 Å². The highest BCUT2D eigenvalue weighted by Crippen LogP contribution is 2.37. The molecule has 132 valence electrons. The quantitative estimate of drug-likeness (QED) is 0.862. The molecule has 3 rings (SSSR count). The smallest absolute Gasteiger partial charge is 0.243 e. The van der Waals surface area contributed by atoms with Crippen molar-refractivity contribution in [2.24, 2.45) is 18.4 Å². The molecule has 2 aliphatic rings. The van der Waals surface area contributed by atoms with Crippen LogP contribution in [0.15, 0.2) is 23.9 Å². The summed E-state index contributed by atoms with van der Waals surface area (Å²) in [5.74, 6) is 0.355. The SMILES string of the molecule is Cn1nccc1[C@@H]1OCC[C@H]1CNC(=O)C=C1CCC(C)(C)CC1. The summed E-state index contributed by atoms with van der Waals surface area (Å²) in [5, 5.41) is 7.30. The minimum atomic E-state index is 0.0286. The number of aromatic nitrogens is 2. The van der Waals surface area contributed by atoms with Gasteiger partial charge in [0.05, 0.1) is 5.69 Å². The standard InChI is InChI=1S/C19H29N3O2/c1-19(2)8-4-14(5-9-19)12-17(23)20-13-15-7-11-24-18(15)16-6-10-21-22(16)3/h6,10,12,15,18H,4-5,7-9,11,13H2,1-3H3,(H,20,23)/t15-,18+/m0/s1. The zero-order valence-corrected chi connectivity index (χ0v) is 15.0. The van der Waals surface area contributed by atoms with Crippen LogP contribution in [0.2, 0.25) is 0 Å². The molecule has 2 fully saturated rings. The molecule has 0 bridgehead atoms. The van der Waals surface area contributed by atoms with E-state index < -0.39 is 0 Å². The van der Waals surface area contributed by atoms with Crippen LogP contribution in [0.5, 0.6) is 0 Å². The number of hydrogen-bond donors (Lipinski definition) is 1. The largest absolute Gasteiger partial charge is 0.372 e. The summed E-state index contributed by atoms with van der Waals surface area (Å²) in [6, 6.07) is 2.00. The molecule has 1 aliphatic carbocycles. The summed E-state index contributed by atoms with van der Waals surface area (Å²) in [5.41, 5.74) is 2.79. The molecule has 2 heterocycles. The normalized spacial score (nSPS) is 26.4. The second kappa shape index (κ2) is 7.09. The van der Waals surface area contributed by atoms with Gasteiger partial charge in [0, 0.05) is 38.4 Å². The molecule has 1 saturated carbocycles. The van der Waals surface area contributed by atoms with E-state index in [1.807, 2.05) is 23.9 Å². The van der Waals surface area contributed by atoms with Crippen LogP contribution < -0.4 is 5.32 Å². The van der Waals surface area contributed by atoms with E-state index in [1.165, 1.54) is 18.4 Å². The van der Waals surface area contributed by atoms with Gasteiger partial charge in [-0.2, -0.15) is 5.10 Å². The third kappa shape index (κ3) is 4.07. The number of amides is 1. The molecule has 0 spiro atoms. The number of hydrogen-bond acceptors (Lipinski definition) is 3. The lowest BCUT2D eigenvalue weighted by Gasteiger charge is -2.30. The van der Waals surface area contributed by atoms with Crippen molar-refractivity contribution in [1.29, 1.82) is 0 Å². The Morgan fingerprint density at radius 1 is 1.46 bits per heavy atom. The zero-order valence-electron chi connectivity index (χ0n) is 15.0.